The summed E-state index contributed by atoms with van der Waals surface area (Å²) in [7, 11) is 0. The fourth-order valence-electron chi connectivity index (χ4n) is 1.55. The lowest BCUT2D eigenvalue weighted by Gasteiger charge is -2.17. The van der Waals surface area contributed by atoms with Crippen molar-refractivity contribution in [1.29, 1.82) is 0 Å². The molecule has 0 saturated carbocycles. The number of rotatable bonds is 5. The number of hydrogen-bond acceptors (Lipinski definition) is 2. The molecule has 0 spiro atoms. The van der Waals surface area contributed by atoms with Gasteiger partial charge in [-0.05, 0) is 46.7 Å². The largest absolute Gasteiger partial charge is 0.481 e. The average molecular weight is 376 g/mol. The SMILES string of the molecule is CC(C)C(CNC(=O)Nc1cccc(I)c1)C(=O)O. The van der Waals surface area contributed by atoms with Gasteiger partial charge in [0, 0.05) is 15.8 Å². The van der Waals surface area contributed by atoms with E-state index in [-0.39, 0.29) is 12.5 Å². The molecule has 0 aliphatic heterocycles. The van der Waals surface area contributed by atoms with Gasteiger partial charge in [-0.25, -0.2) is 4.79 Å². The third-order valence-electron chi connectivity index (χ3n) is 2.69. The van der Waals surface area contributed by atoms with Crippen molar-refractivity contribution in [3.8, 4) is 0 Å². The molecular formula is C13H17IN2O3. The number of halogens is 1. The van der Waals surface area contributed by atoms with Crippen molar-refractivity contribution in [2.45, 2.75) is 13.8 Å². The van der Waals surface area contributed by atoms with E-state index >= 15 is 0 Å². The normalized spacial score (nSPS) is 12.0. The number of aliphatic carboxylic acids is 1. The van der Waals surface area contributed by atoms with Crippen molar-refractivity contribution in [1.82, 2.24) is 5.32 Å². The Morgan fingerprint density at radius 3 is 2.58 bits per heavy atom. The number of carboxylic acid groups (broad SMARTS) is 1. The molecule has 1 aromatic carbocycles. The summed E-state index contributed by atoms with van der Waals surface area (Å²) in [4.78, 5) is 22.6. The molecule has 1 atom stereocenters. The highest BCUT2D eigenvalue weighted by Gasteiger charge is 2.21. The zero-order chi connectivity index (χ0) is 14.4. The minimum atomic E-state index is -0.899. The molecule has 1 aromatic rings. The second kappa shape index (κ2) is 7.32. The number of urea groups is 1. The maximum Gasteiger partial charge on any atom is 0.319 e. The third kappa shape index (κ3) is 5.46. The van der Waals surface area contributed by atoms with Crippen LogP contribution in [0.3, 0.4) is 0 Å². The van der Waals surface area contributed by atoms with Gasteiger partial charge in [-0.3, -0.25) is 4.79 Å². The Kier molecular flexibility index (Phi) is 6.07. The predicted molar refractivity (Wildman–Crippen MR) is 82.1 cm³/mol. The first-order valence-electron chi connectivity index (χ1n) is 5.93. The molecule has 19 heavy (non-hydrogen) atoms. The molecule has 0 aromatic heterocycles. The molecule has 0 aliphatic carbocycles. The molecule has 0 saturated heterocycles. The summed E-state index contributed by atoms with van der Waals surface area (Å²) in [6, 6.07) is 6.97. The van der Waals surface area contributed by atoms with Crippen LogP contribution in [0.5, 0.6) is 0 Å². The smallest absolute Gasteiger partial charge is 0.319 e. The Balaban J connectivity index is 2.50. The van der Waals surface area contributed by atoms with Crippen molar-refractivity contribution >= 4 is 40.3 Å². The van der Waals surface area contributed by atoms with Crippen LogP contribution in [0.1, 0.15) is 13.8 Å². The lowest BCUT2D eigenvalue weighted by Crippen LogP contribution is -2.37. The Hall–Kier alpha value is -1.31. The molecule has 2 amide bonds. The van der Waals surface area contributed by atoms with Crippen LogP contribution in [-0.2, 0) is 4.79 Å². The van der Waals surface area contributed by atoms with E-state index in [4.69, 9.17) is 5.11 Å². The molecule has 0 bridgehead atoms. The van der Waals surface area contributed by atoms with E-state index in [0.29, 0.717) is 5.69 Å². The average Bonchev–Trinajstić information content (AvgIpc) is 2.27. The first kappa shape index (κ1) is 15.7. The molecule has 3 N–H and O–H groups in total. The standard InChI is InChI=1S/C13H17IN2O3/c1-8(2)11(12(17)18)7-15-13(19)16-10-5-3-4-9(14)6-10/h3-6,8,11H,7H2,1-2H3,(H,17,18)(H2,15,16,19). The molecule has 0 heterocycles. The Labute approximate surface area is 125 Å². The summed E-state index contributed by atoms with van der Waals surface area (Å²) in [5.41, 5.74) is 0.681. The predicted octanol–water partition coefficient (Wildman–Crippen LogP) is 2.77. The van der Waals surface area contributed by atoms with Crippen LogP contribution in [0.2, 0.25) is 0 Å². The van der Waals surface area contributed by atoms with E-state index in [0.717, 1.165) is 3.57 Å². The molecule has 6 heteroatoms. The third-order valence-corrected chi connectivity index (χ3v) is 3.36. The zero-order valence-corrected chi connectivity index (χ0v) is 13.0. The number of carbonyl (C=O) groups is 2. The molecule has 1 rings (SSSR count). The Bertz CT molecular complexity index is 463. The van der Waals surface area contributed by atoms with Gasteiger partial charge in [0.1, 0.15) is 0 Å². The van der Waals surface area contributed by atoms with E-state index in [9.17, 15) is 9.59 Å². The lowest BCUT2D eigenvalue weighted by molar-refractivity contribution is -0.142. The molecule has 5 nitrogen and oxygen atoms in total. The van der Waals surface area contributed by atoms with Gasteiger partial charge < -0.3 is 15.7 Å². The second-order valence-electron chi connectivity index (χ2n) is 4.53. The Morgan fingerprint density at radius 1 is 1.37 bits per heavy atom. The lowest BCUT2D eigenvalue weighted by atomic mass is 9.96. The number of carboxylic acids is 1. The molecule has 0 aliphatic rings. The maximum absolute atomic E-state index is 11.7. The summed E-state index contributed by atoms with van der Waals surface area (Å²) in [5, 5.41) is 14.3. The van der Waals surface area contributed by atoms with Crippen LogP contribution in [-0.4, -0.2) is 23.7 Å². The highest BCUT2D eigenvalue weighted by molar-refractivity contribution is 14.1. The van der Waals surface area contributed by atoms with E-state index in [1.165, 1.54) is 0 Å². The summed E-state index contributed by atoms with van der Waals surface area (Å²) < 4.78 is 1.01. The molecule has 0 radical (unpaired) electrons. The van der Waals surface area contributed by atoms with Crippen LogP contribution in [0.4, 0.5) is 10.5 Å². The van der Waals surface area contributed by atoms with Crippen LogP contribution < -0.4 is 10.6 Å². The maximum atomic E-state index is 11.7. The highest BCUT2D eigenvalue weighted by atomic mass is 127. The topological polar surface area (TPSA) is 78.4 Å². The highest BCUT2D eigenvalue weighted by Crippen LogP contribution is 2.13. The minimum absolute atomic E-state index is 0.0320. The molecule has 1 unspecified atom stereocenters. The summed E-state index contributed by atoms with van der Waals surface area (Å²) in [6.45, 7) is 3.75. The van der Waals surface area contributed by atoms with Crippen LogP contribution >= 0.6 is 22.6 Å². The van der Waals surface area contributed by atoms with E-state index < -0.39 is 17.9 Å². The van der Waals surface area contributed by atoms with E-state index in [2.05, 4.69) is 33.2 Å². The van der Waals surface area contributed by atoms with Crippen LogP contribution in [0.25, 0.3) is 0 Å². The van der Waals surface area contributed by atoms with Gasteiger partial charge in [-0.15, -0.1) is 0 Å². The summed E-state index contributed by atoms with van der Waals surface area (Å²) >= 11 is 2.15. The number of nitrogens with one attached hydrogen (secondary N) is 2. The number of benzene rings is 1. The van der Waals surface area contributed by atoms with Gasteiger partial charge in [-0.1, -0.05) is 19.9 Å². The van der Waals surface area contributed by atoms with Crippen molar-refractivity contribution in [3.05, 3.63) is 27.8 Å². The summed E-state index contributed by atoms with van der Waals surface area (Å²) in [5.74, 6) is -1.51. The van der Waals surface area contributed by atoms with E-state index in [1.807, 2.05) is 32.0 Å². The molecule has 0 fully saturated rings. The van der Waals surface area contributed by atoms with Gasteiger partial charge in [-0.2, -0.15) is 0 Å². The number of amides is 2. The summed E-state index contributed by atoms with van der Waals surface area (Å²) in [6.07, 6.45) is 0. The zero-order valence-electron chi connectivity index (χ0n) is 10.8. The number of anilines is 1. The van der Waals surface area contributed by atoms with Gasteiger partial charge in [0.15, 0.2) is 0 Å². The van der Waals surface area contributed by atoms with Crippen molar-refractivity contribution in [2.24, 2.45) is 11.8 Å². The van der Waals surface area contributed by atoms with Crippen LogP contribution in [0, 0.1) is 15.4 Å². The monoisotopic (exact) mass is 376 g/mol. The Morgan fingerprint density at radius 2 is 2.05 bits per heavy atom. The first-order valence-corrected chi connectivity index (χ1v) is 7.01. The van der Waals surface area contributed by atoms with Gasteiger partial charge >= 0.3 is 12.0 Å². The fourth-order valence-corrected chi connectivity index (χ4v) is 2.10. The second-order valence-corrected chi connectivity index (χ2v) is 5.78. The van der Waals surface area contributed by atoms with Gasteiger partial charge in [0.2, 0.25) is 0 Å². The van der Waals surface area contributed by atoms with E-state index in [1.54, 1.807) is 6.07 Å². The van der Waals surface area contributed by atoms with Crippen LogP contribution in [0.15, 0.2) is 24.3 Å². The first-order chi connectivity index (χ1) is 8.90. The van der Waals surface area contributed by atoms with Gasteiger partial charge in [0.25, 0.3) is 0 Å². The fraction of sp³-hybridized carbons (Fsp3) is 0.385. The minimum Gasteiger partial charge on any atom is -0.481 e. The molecular weight excluding hydrogens is 359 g/mol. The van der Waals surface area contributed by atoms with Gasteiger partial charge in [0.05, 0.1) is 5.92 Å². The number of hydrogen-bond donors (Lipinski definition) is 3. The quantitative estimate of drug-likeness (QED) is 0.692. The van der Waals surface area contributed by atoms with Crippen molar-refractivity contribution in [2.75, 3.05) is 11.9 Å². The molecule has 104 valence electrons. The van der Waals surface area contributed by atoms with Crippen molar-refractivity contribution in [3.63, 3.8) is 0 Å². The number of carbonyl (C=O) groups excluding carboxylic acids is 1. The van der Waals surface area contributed by atoms with Crippen molar-refractivity contribution < 1.29 is 14.7 Å².